The fraction of sp³-hybridized carbons (Fsp3) is 0.750. The fourth-order valence-corrected chi connectivity index (χ4v) is 2.01. The predicted molar refractivity (Wildman–Crippen MR) is 70.5 cm³/mol. The van der Waals surface area contributed by atoms with E-state index in [2.05, 4.69) is 10.00 Å². The third kappa shape index (κ3) is 3.98. The molecule has 1 aromatic heterocycles. The second-order valence-electron chi connectivity index (χ2n) is 4.61. The first kappa shape index (κ1) is 14.5. The molecule has 0 radical (unpaired) electrons. The molecule has 0 saturated carbocycles. The van der Waals surface area contributed by atoms with Crippen LogP contribution in [0.15, 0.2) is 0 Å². The average molecular weight is 260 g/mol. The van der Waals surface area contributed by atoms with Crippen LogP contribution in [0.2, 0.25) is 5.02 Å². The lowest BCUT2D eigenvalue weighted by Crippen LogP contribution is -2.22. The van der Waals surface area contributed by atoms with E-state index in [4.69, 9.17) is 11.6 Å². The number of halogens is 1. The normalized spacial score (nSPS) is 13.4. The third-order valence-corrected chi connectivity index (χ3v) is 3.28. The molecule has 5 heteroatoms. The van der Waals surface area contributed by atoms with Gasteiger partial charge in [0.15, 0.2) is 0 Å². The summed E-state index contributed by atoms with van der Waals surface area (Å²) in [6, 6.07) is 0. The highest BCUT2D eigenvalue weighted by atomic mass is 35.5. The van der Waals surface area contributed by atoms with Crippen molar-refractivity contribution in [1.29, 1.82) is 0 Å². The van der Waals surface area contributed by atoms with Crippen molar-refractivity contribution in [1.82, 2.24) is 14.7 Å². The van der Waals surface area contributed by atoms with E-state index in [1.165, 1.54) is 0 Å². The molecule has 0 saturated heterocycles. The molecule has 1 unspecified atom stereocenters. The topological polar surface area (TPSA) is 41.3 Å². The summed E-state index contributed by atoms with van der Waals surface area (Å²) in [7, 11) is 4.00. The summed E-state index contributed by atoms with van der Waals surface area (Å²) in [5.74, 6) is 0. The molecule has 0 spiro atoms. The van der Waals surface area contributed by atoms with Crippen LogP contribution in [0, 0.1) is 6.92 Å². The lowest BCUT2D eigenvalue weighted by molar-refractivity contribution is 0.150. The van der Waals surface area contributed by atoms with Crippen LogP contribution in [-0.2, 0) is 13.0 Å². The molecular formula is C12H22ClN3O. The molecular weight excluding hydrogens is 238 g/mol. The zero-order valence-electron chi connectivity index (χ0n) is 11.1. The van der Waals surface area contributed by atoms with Crippen molar-refractivity contribution < 1.29 is 5.11 Å². The molecule has 1 heterocycles. The van der Waals surface area contributed by atoms with Gasteiger partial charge >= 0.3 is 0 Å². The van der Waals surface area contributed by atoms with Crippen LogP contribution in [0.25, 0.3) is 0 Å². The van der Waals surface area contributed by atoms with Gasteiger partial charge in [-0.1, -0.05) is 11.6 Å². The Morgan fingerprint density at radius 1 is 1.47 bits per heavy atom. The van der Waals surface area contributed by atoms with Crippen molar-refractivity contribution in [2.24, 2.45) is 0 Å². The number of hydrogen-bond donors (Lipinski definition) is 1. The molecule has 0 amide bonds. The van der Waals surface area contributed by atoms with Gasteiger partial charge in [-0.2, -0.15) is 5.10 Å². The van der Waals surface area contributed by atoms with Crippen molar-refractivity contribution >= 4 is 11.6 Å². The second kappa shape index (κ2) is 6.38. The van der Waals surface area contributed by atoms with Crippen LogP contribution in [0.4, 0.5) is 0 Å². The molecule has 0 aliphatic rings. The van der Waals surface area contributed by atoms with Gasteiger partial charge in [0, 0.05) is 13.0 Å². The van der Waals surface area contributed by atoms with Gasteiger partial charge in [-0.05, 0) is 40.9 Å². The Bertz CT molecular complexity index is 363. The van der Waals surface area contributed by atoms with Gasteiger partial charge in [0.1, 0.15) is 0 Å². The quantitative estimate of drug-likeness (QED) is 0.846. The van der Waals surface area contributed by atoms with Crippen molar-refractivity contribution in [3.8, 4) is 0 Å². The minimum Gasteiger partial charge on any atom is -0.393 e. The number of aryl methyl sites for hydroxylation is 2. The SMILES string of the molecule is CCn1nc(C)c(Cl)c1CC(O)CCN(C)C. The van der Waals surface area contributed by atoms with E-state index in [-0.39, 0.29) is 6.10 Å². The van der Waals surface area contributed by atoms with Crippen LogP contribution in [-0.4, -0.2) is 46.5 Å². The highest BCUT2D eigenvalue weighted by Gasteiger charge is 2.16. The molecule has 0 aromatic carbocycles. The molecule has 0 fully saturated rings. The summed E-state index contributed by atoms with van der Waals surface area (Å²) in [6.07, 6.45) is 0.954. The molecule has 1 atom stereocenters. The van der Waals surface area contributed by atoms with Crippen LogP contribution < -0.4 is 0 Å². The molecule has 1 rings (SSSR count). The Labute approximate surface area is 108 Å². The van der Waals surface area contributed by atoms with E-state index in [1.54, 1.807) is 0 Å². The molecule has 98 valence electrons. The maximum absolute atomic E-state index is 9.98. The summed E-state index contributed by atoms with van der Waals surface area (Å²) in [6.45, 7) is 5.57. The van der Waals surface area contributed by atoms with Gasteiger partial charge in [-0.25, -0.2) is 0 Å². The van der Waals surface area contributed by atoms with Crippen LogP contribution >= 0.6 is 11.6 Å². The van der Waals surface area contributed by atoms with E-state index in [9.17, 15) is 5.11 Å². The minimum atomic E-state index is -0.365. The number of rotatable bonds is 6. The Balaban J connectivity index is 2.67. The van der Waals surface area contributed by atoms with Crippen LogP contribution in [0.1, 0.15) is 24.7 Å². The first-order valence-corrected chi connectivity index (χ1v) is 6.38. The van der Waals surface area contributed by atoms with Crippen molar-refractivity contribution in [3.05, 3.63) is 16.4 Å². The summed E-state index contributed by atoms with van der Waals surface area (Å²) < 4.78 is 1.87. The van der Waals surface area contributed by atoms with Gasteiger partial charge in [0.2, 0.25) is 0 Å². The molecule has 17 heavy (non-hydrogen) atoms. The lowest BCUT2D eigenvalue weighted by Gasteiger charge is -2.15. The van der Waals surface area contributed by atoms with Crippen molar-refractivity contribution in [3.63, 3.8) is 0 Å². The van der Waals surface area contributed by atoms with E-state index < -0.39 is 0 Å². The van der Waals surface area contributed by atoms with Crippen molar-refractivity contribution in [2.75, 3.05) is 20.6 Å². The van der Waals surface area contributed by atoms with E-state index in [0.717, 1.165) is 30.9 Å². The number of aromatic nitrogens is 2. The molecule has 0 aliphatic carbocycles. The molecule has 1 N–H and O–H groups in total. The zero-order valence-corrected chi connectivity index (χ0v) is 11.8. The molecule has 0 bridgehead atoms. The predicted octanol–water partition coefficient (Wildman–Crippen LogP) is 1.72. The number of hydrogen-bond acceptors (Lipinski definition) is 3. The van der Waals surface area contributed by atoms with Gasteiger partial charge in [0.05, 0.1) is 22.5 Å². The third-order valence-electron chi connectivity index (χ3n) is 2.79. The van der Waals surface area contributed by atoms with Gasteiger partial charge in [-0.15, -0.1) is 0 Å². The van der Waals surface area contributed by atoms with Gasteiger partial charge in [-0.3, -0.25) is 4.68 Å². The van der Waals surface area contributed by atoms with Crippen LogP contribution in [0.3, 0.4) is 0 Å². The number of aliphatic hydroxyl groups excluding tert-OH is 1. The Morgan fingerprint density at radius 2 is 2.12 bits per heavy atom. The number of nitrogens with zero attached hydrogens (tertiary/aromatic N) is 3. The van der Waals surface area contributed by atoms with E-state index >= 15 is 0 Å². The first-order valence-electron chi connectivity index (χ1n) is 6.00. The molecule has 1 aromatic rings. The van der Waals surface area contributed by atoms with E-state index in [0.29, 0.717) is 11.4 Å². The molecule has 4 nitrogen and oxygen atoms in total. The molecule has 0 aliphatic heterocycles. The highest BCUT2D eigenvalue weighted by Crippen LogP contribution is 2.22. The second-order valence-corrected chi connectivity index (χ2v) is 4.99. The standard InChI is InChI=1S/C12H22ClN3O/c1-5-16-11(12(13)9(2)14-16)8-10(17)6-7-15(3)4/h10,17H,5-8H2,1-4H3. The minimum absolute atomic E-state index is 0.365. The Kier molecular flexibility index (Phi) is 5.43. The Morgan fingerprint density at radius 3 is 2.65 bits per heavy atom. The summed E-state index contributed by atoms with van der Waals surface area (Å²) >= 11 is 6.19. The summed E-state index contributed by atoms with van der Waals surface area (Å²) in [5, 5.41) is 15.0. The average Bonchev–Trinajstić information content (AvgIpc) is 2.54. The first-order chi connectivity index (χ1) is 7.95. The Hall–Kier alpha value is -0.580. The zero-order chi connectivity index (χ0) is 13.0. The lowest BCUT2D eigenvalue weighted by atomic mass is 10.1. The van der Waals surface area contributed by atoms with Gasteiger partial charge in [0.25, 0.3) is 0 Å². The van der Waals surface area contributed by atoms with Crippen molar-refractivity contribution in [2.45, 2.75) is 39.3 Å². The maximum atomic E-state index is 9.98. The largest absolute Gasteiger partial charge is 0.393 e. The van der Waals surface area contributed by atoms with Crippen LogP contribution in [0.5, 0.6) is 0 Å². The highest BCUT2D eigenvalue weighted by molar-refractivity contribution is 6.31. The fourth-order valence-electron chi connectivity index (χ4n) is 1.80. The smallest absolute Gasteiger partial charge is 0.0848 e. The summed E-state index contributed by atoms with van der Waals surface area (Å²) in [4.78, 5) is 2.06. The summed E-state index contributed by atoms with van der Waals surface area (Å²) in [5.41, 5.74) is 1.78. The number of aliphatic hydroxyl groups is 1. The van der Waals surface area contributed by atoms with Gasteiger partial charge < -0.3 is 10.0 Å². The monoisotopic (exact) mass is 259 g/mol. The maximum Gasteiger partial charge on any atom is 0.0848 e. The van der Waals surface area contributed by atoms with E-state index in [1.807, 2.05) is 32.6 Å².